The lowest BCUT2D eigenvalue weighted by Crippen LogP contribution is -2.11. The molecule has 2 aromatic heterocycles. The molecule has 0 bridgehead atoms. The number of hydrogen-bond donors (Lipinski definition) is 2. The van der Waals surface area contributed by atoms with E-state index in [1.807, 2.05) is 48.7 Å². The lowest BCUT2D eigenvalue weighted by Gasteiger charge is -2.01. The summed E-state index contributed by atoms with van der Waals surface area (Å²) in [7, 11) is 0. The number of amides is 1. The van der Waals surface area contributed by atoms with Gasteiger partial charge < -0.3 is 9.40 Å². The predicted molar refractivity (Wildman–Crippen MR) is 80.3 cm³/mol. The van der Waals surface area contributed by atoms with Crippen molar-refractivity contribution >= 4 is 33.9 Å². The summed E-state index contributed by atoms with van der Waals surface area (Å²) in [5.41, 5.74) is 2.92. The van der Waals surface area contributed by atoms with E-state index < -0.39 is 0 Å². The van der Waals surface area contributed by atoms with Gasteiger partial charge in [-0.1, -0.05) is 12.1 Å². The van der Waals surface area contributed by atoms with Crippen LogP contribution in [0.3, 0.4) is 0 Å². The molecule has 0 radical (unpaired) electrons. The normalized spacial score (nSPS) is 11.0. The van der Waals surface area contributed by atoms with E-state index in [1.165, 1.54) is 0 Å². The molecule has 0 spiro atoms. The molecule has 5 nitrogen and oxygen atoms in total. The molecule has 0 saturated carbocycles. The van der Waals surface area contributed by atoms with Crippen molar-refractivity contribution in [3.8, 4) is 0 Å². The van der Waals surface area contributed by atoms with Crippen LogP contribution >= 0.6 is 0 Å². The van der Waals surface area contributed by atoms with Crippen molar-refractivity contribution in [1.82, 2.24) is 9.97 Å². The number of benzene rings is 2. The fourth-order valence-electron chi connectivity index (χ4n) is 2.29. The minimum absolute atomic E-state index is 0.204. The Hall–Kier alpha value is -3.08. The molecular weight excluding hydrogens is 266 g/mol. The molecule has 0 saturated heterocycles. The van der Waals surface area contributed by atoms with Crippen LogP contribution in [0.4, 0.5) is 6.01 Å². The maximum absolute atomic E-state index is 12.2. The summed E-state index contributed by atoms with van der Waals surface area (Å²) in [6, 6.07) is 15.0. The number of aromatic amines is 1. The Morgan fingerprint density at radius 1 is 1.14 bits per heavy atom. The molecule has 4 rings (SSSR count). The Labute approximate surface area is 119 Å². The molecule has 21 heavy (non-hydrogen) atoms. The third kappa shape index (κ3) is 2.04. The van der Waals surface area contributed by atoms with Gasteiger partial charge in [-0.2, -0.15) is 4.98 Å². The van der Waals surface area contributed by atoms with Crippen molar-refractivity contribution in [2.24, 2.45) is 0 Å². The van der Waals surface area contributed by atoms with Crippen molar-refractivity contribution < 1.29 is 9.21 Å². The second-order valence-electron chi connectivity index (χ2n) is 4.72. The van der Waals surface area contributed by atoms with Crippen LogP contribution in [0.2, 0.25) is 0 Å². The quantitative estimate of drug-likeness (QED) is 0.588. The van der Waals surface area contributed by atoms with Gasteiger partial charge in [0.25, 0.3) is 5.91 Å². The average Bonchev–Trinajstić information content (AvgIpc) is 3.11. The summed E-state index contributed by atoms with van der Waals surface area (Å²) in [6.45, 7) is 0. The smallest absolute Gasteiger partial charge is 0.302 e. The molecular formula is C16H11N3O2. The van der Waals surface area contributed by atoms with Crippen LogP contribution in [-0.4, -0.2) is 15.9 Å². The summed E-state index contributed by atoms with van der Waals surface area (Å²) < 4.78 is 5.48. The minimum atomic E-state index is -0.246. The van der Waals surface area contributed by atoms with Gasteiger partial charge in [0.1, 0.15) is 5.52 Å². The van der Waals surface area contributed by atoms with Crippen molar-refractivity contribution in [2.75, 3.05) is 5.32 Å². The van der Waals surface area contributed by atoms with Crippen molar-refractivity contribution in [3.05, 3.63) is 60.3 Å². The van der Waals surface area contributed by atoms with E-state index in [4.69, 9.17) is 4.42 Å². The molecule has 4 aromatic rings. The monoisotopic (exact) mass is 277 g/mol. The fourth-order valence-corrected chi connectivity index (χ4v) is 2.29. The first-order chi connectivity index (χ1) is 10.3. The van der Waals surface area contributed by atoms with E-state index in [-0.39, 0.29) is 11.9 Å². The van der Waals surface area contributed by atoms with Crippen molar-refractivity contribution in [1.29, 1.82) is 0 Å². The number of rotatable bonds is 2. The van der Waals surface area contributed by atoms with E-state index in [1.54, 1.807) is 6.07 Å². The third-order valence-electron chi connectivity index (χ3n) is 3.33. The first-order valence-electron chi connectivity index (χ1n) is 6.54. The lowest BCUT2D eigenvalue weighted by atomic mass is 10.1. The summed E-state index contributed by atoms with van der Waals surface area (Å²) in [4.78, 5) is 19.6. The van der Waals surface area contributed by atoms with Gasteiger partial charge in [0.05, 0.1) is 0 Å². The van der Waals surface area contributed by atoms with Crippen LogP contribution < -0.4 is 5.32 Å². The van der Waals surface area contributed by atoms with Gasteiger partial charge in [-0.25, -0.2) is 0 Å². The Kier molecular flexibility index (Phi) is 2.50. The number of fused-ring (bicyclic) bond motifs is 2. The number of aromatic nitrogens is 2. The van der Waals surface area contributed by atoms with Gasteiger partial charge in [0.15, 0.2) is 5.58 Å². The van der Waals surface area contributed by atoms with Gasteiger partial charge in [-0.3, -0.25) is 10.1 Å². The fraction of sp³-hybridized carbons (Fsp3) is 0. The van der Waals surface area contributed by atoms with E-state index in [9.17, 15) is 4.79 Å². The SMILES string of the molecule is O=C(Nc1nc2ccccc2o1)c1ccc2[nH]ccc2c1. The molecule has 102 valence electrons. The first-order valence-corrected chi connectivity index (χ1v) is 6.54. The predicted octanol–water partition coefficient (Wildman–Crippen LogP) is 3.56. The van der Waals surface area contributed by atoms with Gasteiger partial charge >= 0.3 is 6.01 Å². The number of carbonyl (C=O) groups excluding carboxylic acids is 1. The van der Waals surface area contributed by atoms with Gasteiger partial charge in [0, 0.05) is 22.7 Å². The second-order valence-corrected chi connectivity index (χ2v) is 4.72. The topological polar surface area (TPSA) is 70.9 Å². The zero-order valence-electron chi connectivity index (χ0n) is 11.0. The van der Waals surface area contributed by atoms with Gasteiger partial charge in [0.2, 0.25) is 0 Å². The molecule has 1 amide bonds. The van der Waals surface area contributed by atoms with Crippen LogP contribution in [0.15, 0.2) is 59.1 Å². The molecule has 5 heteroatoms. The van der Waals surface area contributed by atoms with Crippen molar-refractivity contribution in [3.63, 3.8) is 0 Å². The minimum Gasteiger partial charge on any atom is -0.423 e. The number of nitrogens with one attached hydrogen (secondary N) is 2. The first kappa shape index (κ1) is 11.7. The van der Waals surface area contributed by atoms with Crippen LogP contribution in [0.5, 0.6) is 0 Å². The Morgan fingerprint density at radius 3 is 2.95 bits per heavy atom. The summed E-state index contributed by atoms with van der Waals surface area (Å²) in [6.07, 6.45) is 1.84. The number of carbonyl (C=O) groups is 1. The molecule has 0 fully saturated rings. The van der Waals surface area contributed by atoms with Crippen LogP contribution in [-0.2, 0) is 0 Å². The average molecular weight is 277 g/mol. The zero-order chi connectivity index (χ0) is 14.2. The molecule has 0 unspecified atom stereocenters. The summed E-state index contributed by atoms with van der Waals surface area (Å²) in [5, 5.41) is 3.66. The highest BCUT2D eigenvalue weighted by Crippen LogP contribution is 2.19. The Morgan fingerprint density at radius 2 is 2.05 bits per heavy atom. The summed E-state index contributed by atoms with van der Waals surface area (Å²) in [5.74, 6) is -0.246. The van der Waals surface area contributed by atoms with Crippen molar-refractivity contribution in [2.45, 2.75) is 0 Å². The third-order valence-corrected chi connectivity index (χ3v) is 3.33. The molecule has 0 aliphatic heterocycles. The maximum atomic E-state index is 12.2. The molecule has 2 heterocycles. The van der Waals surface area contributed by atoms with E-state index in [0.29, 0.717) is 16.7 Å². The van der Waals surface area contributed by atoms with Crippen LogP contribution in [0, 0.1) is 0 Å². The molecule has 0 aliphatic rings. The standard InChI is InChI=1S/C16H11N3O2/c20-15(11-5-6-12-10(9-11)7-8-17-12)19-16-18-13-3-1-2-4-14(13)21-16/h1-9,17H,(H,18,19,20). The highest BCUT2D eigenvalue weighted by atomic mass is 16.4. The number of nitrogens with zero attached hydrogens (tertiary/aromatic N) is 1. The molecule has 2 aromatic carbocycles. The highest BCUT2D eigenvalue weighted by molar-refractivity contribution is 6.05. The van der Waals surface area contributed by atoms with E-state index in [0.717, 1.165) is 10.9 Å². The summed E-state index contributed by atoms with van der Waals surface area (Å²) >= 11 is 0. The maximum Gasteiger partial charge on any atom is 0.302 e. The van der Waals surface area contributed by atoms with E-state index in [2.05, 4.69) is 15.3 Å². The number of hydrogen-bond acceptors (Lipinski definition) is 3. The molecule has 0 aliphatic carbocycles. The Balaban J connectivity index is 1.64. The lowest BCUT2D eigenvalue weighted by molar-refractivity contribution is 0.102. The Bertz CT molecular complexity index is 919. The molecule has 2 N–H and O–H groups in total. The number of H-pyrrole nitrogens is 1. The second kappa shape index (κ2) is 4.49. The van der Waals surface area contributed by atoms with Gasteiger partial charge in [-0.15, -0.1) is 0 Å². The largest absolute Gasteiger partial charge is 0.423 e. The molecule has 0 atom stereocenters. The van der Waals surface area contributed by atoms with Crippen LogP contribution in [0.1, 0.15) is 10.4 Å². The van der Waals surface area contributed by atoms with E-state index >= 15 is 0 Å². The number of anilines is 1. The highest BCUT2D eigenvalue weighted by Gasteiger charge is 2.11. The van der Waals surface area contributed by atoms with Crippen LogP contribution in [0.25, 0.3) is 22.0 Å². The van der Waals surface area contributed by atoms with Gasteiger partial charge in [-0.05, 0) is 36.4 Å². The number of oxazole rings is 1. The zero-order valence-corrected chi connectivity index (χ0v) is 11.0. The number of para-hydroxylation sites is 2.